The van der Waals surface area contributed by atoms with E-state index in [4.69, 9.17) is 10.7 Å². The minimum Gasteiger partial charge on any atom is -0.383 e. The molecule has 0 unspecified atom stereocenters. The Labute approximate surface area is 190 Å². The molecule has 4 aromatic rings. The standard InChI is InChI=1S/C22H23N7O3S/c1-14(30)19-20(23)29-21(26-22(19)28-7-9-33(31,32)10-8-28)17(12-25-29)15-3-4-18(24-11-15)16-5-6-27(2)13-16/h3-6,11-13H,7-10,23H2,1-2H3. The Morgan fingerprint density at radius 3 is 2.45 bits per heavy atom. The van der Waals surface area contributed by atoms with Crippen LogP contribution in [0, 0.1) is 0 Å². The summed E-state index contributed by atoms with van der Waals surface area (Å²) in [5.41, 5.74) is 10.5. The first kappa shape index (κ1) is 21.1. The molecule has 4 aromatic heterocycles. The second kappa shape index (κ2) is 7.69. The van der Waals surface area contributed by atoms with Crippen molar-refractivity contribution in [1.29, 1.82) is 0 Å². The molecule has 0 aliphatic carbocycles. The van der Waals surface area contributed by atoms with Gasteiger partial charge in [0, 0.05) is 55.4 Å². The molecule has 0 radical (unpaired) electrons. The van der Waals surface area contributed by atoms with E-state index in [2.05, 4.69) is 10.1 Å². The molecule has 11 heteroatoms. The summed E-state index contributed by atoms with van der Waals surface area (Å²) in [5, 5.41) is 4.36. The Kier molecular flexibility index (Phi) is 4.93. The molecule has 0 aromatic carbocycles. The number of pyridine rings is 1. The van der Waals surface area contributed by atoms with Crippen LogP contribution in [-0.4, -0.2) is 62.9 Å². The monoisotopic (exact) mass is 465 g/mol. The normalized spacial score (nSPS) is 15.8. The molecule has 1 fully saturated rings. The lowest BCUT2D eigenvalue weighted by Gasteiger charge is -2.29. The third-order valence-corrected chi connectivity index (χ3v) is 7.47. The summed E-state index contributed by atoms with van der Waals surface area (Å²) in [6.45, 7) is 1.92. The molecule has 1 aliphatic rings. The summed E-state index contributed by atoms with van der Waals surface area (Å²) in [6.07, 6.45) is 7.35. The van der Waals surface area contributed by atoms with Crippen LogP contribution in [0.3, 0.4) is 0 Å². The first-order valence-electron chi connectivity index (χ1n) is 10.5. The van der Waals surface area contributed by atoms with Gasteiger partial charge < -0.3 is 15.2 Å². The van der Waals surface area contributed by atoms with E-state index >= 15 is 0 Å². The summed E-state index contributed by atoms with van der Waals surface area (Å²) in [7, 11) is -1.13. The fourth-order valence-corrected chi connectivity index (χ4v) is 5.28. The van der Waals surface area contributed by atoms with Gasteiger partial charge in [0.05, 0.1) is 23.4 Å². The minimum absolute atomic E-state index is 0.00803. The van der Waals surface area contributed by atoms with Crippen molar-refractivity contribution >= 4 is 32.9 Å². The number of hydrogen-bond acceptors (Lipinski definition) is 8. The summed E-state index contributed by atoms with van der Waals surface area (Å²) in [4.78, 5) is 23.6. The van der Waals surface area contributed by atoms with Crippen molar-refractivity contribution in [3.05, 3.63) is 48.5 Å². The summed E-state index contributed by atoms with van der Waals surface area (Å²) < 4.78 is 27.2. The highest BCUT2D eigenvalue weighted by Gasteiger charge is 2.28. The summed E-state index contributed by atoms with van der Waals surface area (Å²) in [6, 6.07) is 5.86. The highest BCUT2D eigenvalue weighted by atomic mass is 32.2. The topological polar surface area (TPSA) is 128 Å². The fourth-order valence-electron chi connectivity index (χ4n) is 4.08. The Morgan fingerprint density at radius 1 is 1.09 bits per heavy atom. The van der Waals surface area contributed by atoms with Crippen LogP contribution in [0.25, 0.3) is 28.0 Å². The van der Waals surface area contributed by atoms with Gasteiger partial charge in [-0.2, -0.15) is 9.61 Å². The molecule has 1 aliphatic heterocycles. The third kappa shape index (κ3) is 3.74. The highest BCUT2D eigenvalue weighted by molar-refractivity contribution is 7.91. The van der Waals surface area contributed by atoms with Gasteiger partial charge in [-0.05, 0) is 19.1 Å². The predicted molar refractivity (Wildman–Crippen MR) is 126 cm³/mol. The van der Waals surface area contributed by atoms with E-state index in [-0.39, 0.29) is 41.8 Å². The van der Waals surface area contributed by atoms with Crippen LogP contribution in [0.4, 0.5) is 11.6 Å². The number of ketones is 1. The summed E-state index contributed by atoms with van der Waals surface area (Å²) in [5.74, 6) is 0.327. The number of nitrogens with two attached hydrogens (primary N) is 1. The zero-order valence-electron chi connectivity index (χ0n) is 18.3. The van der Waals surface area contributed by atoms with E-state index in [1.807, 2.05) is 47.1 Å². The third-order valence-electron chi connectivity index (χ3n) is 5.86. The molecule has 5 heterocycles. The lowest BCUT2D eigenvalue weighted by atomic mass is 10.1. The number of fused-ring (bicyclic) bond motifs is 1. The second-order valence-electron chi connectivity index (χ2n) is 8.18. The summed E-state index contributed by atoms with van der Waals surface area (Å²) >= 11 is 0. The van der Waals surface area contributed by atoms with Gasteiger partial charge in [-0.15, -0.1) is 0 Å². The average molecular weight is 466 g/mol. The van der Waals surface area contributed by atoms with Gasteiger partial charge in [0.15, 0.2) is 21.3 Å². The van der Waals surface area contributed by atoms with E-state index in [0.29, 0.717) is 11.5 Å². The molecule has 5 rings (SSSR count). The Balaban J connectivity index is 1.60. The molecule has 0 atom stereocenters. The van der Waals surface area contributed by atoms with Crippen LogP contribution in [-0.2, 0) is 16.9 Å². The van der Waals surface area contributed by atoms with Crippen molar-refractivity contribution in [3.63, 3.8) is 0 Å². The van der Waals surface area contributed by atoms with Crippen LogP contribution in [0.1, 0.15) is 17.3 Å². The zero-order valence-corrected chi connectivity index (χ0v) is 19.1. The number of sulfone groups is 1. The Hall–Kier alpha value is -3.73. The van der Waals surface area contributed by atoms with Crippen molar-refractivity contribution in [1.82, 2.24) is 24.1 Å². The molecule has 1 saturated heterocycles. The Bertz CT molecular complexity index is 1470. The zero-order chi connectivity index (χ0) is 23.3. The van der Waals surface area contributed by atoms with Crippen molar-refractivity contribution < 1.29 is 13.2 Å². The van der Waals surface area contributed by atoms with Gasteiger partial charge in [-0.1, -0.05) is 6.07 Å². The van der Waals surface area contributed by atoms with E-state index in [9.17, 15) is 13.2 Å². The van der Waals surface area contributed by atoms with Gasteiger partial charge in [0.2, 0.25) is 0 Å². The number of carbonyl (C=O) groups is 1. The molecule has 170 valence electrons. The number of aromatic nitrogens is 5. The largest absolute Gasteiger partial charge is 0.383 e. The molecular formula is C22H23N7O3S. The highest BCUT2D eigenvalue weighted by Crippen LogP contribution is 2.32. The number of nitrogen functional groups attached to an aromatic ring is 1. The van der Waals surface area contributed by atoms with Gasteiger partial charge in [-0.25, -0.2) is 13.4 Å². The van der Waals surface area contributed by atoms with Gasteiger partial charge in [-0.3, -0.25) is 9.78 Å². The first-order chi connectivity index (χ1) is 15.7. The Morgan fingerprint density at radius 2 is 1.85 bits per heavy atom. The molecular weight excluding hydrogens is 442 g/mol. The smallest absolute Gasteiger partial charge is 0.167 e. The maximum atomic E-state index is 12.4. The molecule has 0 bridgehead atoms. The number of anilines is 2. The molecule has 0 spiro atoms. The molecule has 0 saturated carbocycles. The minimum atomic E-state index is -3.09. The number of aryl methyl sites for hydroxylation is 1. The molecule has 10 nitrogen and oxygen atoms in total. The SMILES string of the molecule is CC(=O)c1c(N2CCS(=O)(=O)CC2)nc2c(-c3ccc(-c4ccn(C)c4)nc3)cnn2c1N. The number of rotatable bonds is 4. The van der Waals surface area contributed by atoms with Crippen LogP contribution < -0.4 is 10.6 Å². The van der Waals surface area contributed by atoms with Gasteiger partial charge in [0.1, 0.15) is 17.2 Å². The molecule has 33 heavy (non-hydrogen) atoms. The average Bonchev–Trinajstić information content (AvgIpc) is 3.40. The van der Waals surface area contributed by atoms with Gasteiger partial charge in [0.25, 0.3) is 0 Å². The van der Waals surface area contributed by atoms with Crippen molar-refractivity contribution in [2.75, 3.05) is 35.2 Å². The number of Topliss-reactive ketones (excluding diaryl/α,β-unsaturated/α-hetero) is 1. The van der Waals surface area contributed by atoms with Crippen LogP contribution in [0.15, 0.2) is 43.0 Å². The van der Waals surface area contributed by atoms with Crippen molar-refractivity contribution in [2.45, 2.75) is 6.92 Å². The lowest BCUT2D eigenvalue weighted by Crippen LogP contribution is -2.41. The van der Waals surface area contributed by atoms with E-state index < -0.39 is 9.84 Å². The first-order valence-corrected chi connectivity index (χ1v) is 12.3. The fraction of sp³-hybridized carbons (Fsp3) is 0.273. The quantitative estimate of drug-likeness (QED) is 0.452. The van der Waals surface area contributed by atoms with Gasteiger partial charge >= 0.3 is 0 Å². The lowest BCUT2D eigenvalue weighted by molar-refractivity contribution is 0.101. The number of carbonyl (C=O) groups excluding carboxylic acids is 1. The van der Waals surface area contributed by atoms with Crippen LogP contribution in [0.2, 0.25) is 0 Å². The maximum Gasteiger partial charge on any atom is 0.167 e. The van der Waals surface area contributed by atoms with Crippen LogP contribution >= 0.6 is 0 Å². The van der Waals surface area contributed by atoms with E-state index in [1.54, 1.807) is 12.4 Å². The predicted octanol–water partition coefficient (Wildman–Crippen LogP) is 1.82. The maximum absolute atomic E-state index is 12.4. The van der Waals surface area contributed by atoms with Crippen molar-refractivity contribution in [3.8, 4) is 22.4 Å². The van der Waals surface area contributed by atoms with Crippen molar-refractivity contribution in [2.24, 2.45) is 7.05 Å². The molecule has 2 N–H and O–H groups in total. The number of hydrogen-bond donors (Lipinski definition) is 1. The van der Waals surface area contributed by atoms with E-state index in [1.165, 1.54) is 11.4 Å². The number of nitrogens with zero attached hydrogens (tertiary/aromatic N) is 6. The van der Waals surface area contributed by atoms with E-state index in [0.717, 1.165) is 22.4 Å². The molecule has 0 amide bonds. The van der Waals surface area contributed by atoms with Crippen LogP contribution in [0.5, 0.6) is 0 Å². The second-order valence-corrected chi connectivity index (χ2v) is 10.5.